The normalized spacial score (nSPS) is 11.3. The van der Waals surface area contributed by atoms with E-state index in [1.54, 1.807) is 36.4 Å². The molecule has 0 aliphatic carbocycles. The van der Waals surface area contributed by atoms with Gasteiger partial charge in [-0.3, -0.25) is 9.36 Å². The van der Waals surface area contributed by atoms with E-state index in [4.69, 9.17) is 4.74 Å². The van der Waals surface area contributed by atoms with Gasteiger partial charge in [-0.1, -0.05) is 48.0 Å². The van der Waals surface area contributed by atoms with Gasteiger partial charge in [0.2, 0.25) is 0 Å². The lowest BCUT2D eigenvalue weighted by Crippen LogP contribution is -2.25. The Kier molecular flexibility index (Phi) is 5.23. The number of hydrogen-bond acceptors (Lipinski definition) is 4. The summed E-state index contributed by atoms with van der Waals surface area (Å²) in [5.74, 6) is -0.312. The number of nitrogens with zero attached hydrogens (tertiary/aromatic N) is 1. The number of aromatic nitrogens is 1. The summed E-state index contributed by atoms with van der Waals surface area (Å²) < 4.78 is 31.8. The van der Waals surface area contributed by atoms with Crippen LogP contribution < -0.4 is 10.3 Å². The molecule has 5 nitrogen and oxygen atoms in total. The lowest BCUT2D eigenvalue weighted by atomic mass is 10.2. The fourth-order valence-corrected chi connectivity index (χ4v) is 3.73. The Morgan fingerprint density at radius 3 is 2.31 bits per heavy atom. The van der Waals surface area contributed by atoms with Crippen LogP contribution in [0.1, 0.15) is 11.1 Å². The minimum absolute atomic E-state index is 0.121. The highest BCUT2D eigenvalue weighted by molar-refractivity contribution is 7.90. The van der Waals surface area contributed by atoms with Gasteiger partial charge in [0, 0.05) is 6.20 Å². The van der Waals surface area contributed by atoms with Crippen molar-refractivity contribution in [2.45, 2.75) is 24.3 Å². The van der Waals surface area contributed by atoms with Gasteiger partial charge in [0.15, 0.2) is 15.6 Å². The van der Waals surface area contributed by atoms with Crippen molar-refractivity contribution >= 4 is 9.84 Å². The molecular formula is C20H19NO4S. The molecule has 2 aromatic carbocycles. The SMILES string of the molecule is Cc1ccc(S(=O)(=O)Cn2cccc(OCc3ccccc3)c2=O)cc1. The highest BCUT2D eigenvalue weighted by Crippen LogP contribution is 2.14. The van der Waals surface area contributed by atoms with E-state index in [0.717, 1.165) is 15.7 Å². The largest absolute Gasteiger partial charge is 0.483 e. The van der Waals surface area contributed by atoms with Gasteiger partial charge in [-0.2, -0.15) is 0 Å². The Labute approximate surface area is 152 Å². The number of benzene rings is 2. The third kappa shape index (κ3) is 4.21. The predicted molar refractivity (Wildman–Crippen MR) is 99.8 cm³/mol. The van der Waals surface area contributed by atoms with Gasteiger partial charge < -0.3 is 4.74 Å². The van der Waals surface area contributed by atoms with Gasteiger partial charge in [0.25, 0.3) is 5.56 Å². The molecular weight excluding hydrogens is 350 g/mol. The summed E-state index contributed by atoms with van der Waals surface area (Å²) in [6.07, 6.45) is 1.45. The molecule has 0 aliphatic heterocycles. The molecule has 6 heteroatoms. The highest BCUT2D eigenvalue weighted by atomic mass is 32.2. The van der Waals surface area contributed by atoms with Gasteiger partial charge >= 0.3 is 0 Å². The molecule has 0 amide bonds. The van der Waals surface area contributed by atoms with Crippen LogP contribution in [-0.2, 0) is 22.3 Å². The average Bonchev–Trinajstić information content (AvgIpc) is 2.63. The van der Waals surface area contributed by atoms with Gasteiger partial charge in [-0.25, -0.2) is 8.42 Å². The van der Waals surface area contributed by atoms with Crippen molar-refractivity contribution in [2.24, 2.45) is 0 Å². The van der Waals surface area contributed by atoms with E-state index in [9.17, 15) is 13.2 Å². The Morgan fingerprint density at radius 1 is 0.923 bits per heavy atom. The molecule has 1 aromatic heterocycles. The summed E-state index contributed by atoms with van der Waals surface area (Å²) in [6, 6.07) is 19.2. The number of rotatable bonds is 6. The van der Waals surface area contributed by atoms with Crippen LogP contribution in [0.25, 0.3) is 0 Å². The molecule has 0 saturated heterocycles. The van der Waals surface area contributed by atoms with Gasteiger partial charge in [-0.15, -0.1) is 0 Å². The zero-order valence-corrected chi connectivity index (χ0v) is 15.1. The van der Waals surface area contributed by atoms with Crippen molar-refractivity contribution < 1.29 is 13.2 Å². The molecule has 0 unspecified atom stereocenters. The van der Waals surface area contributed by atoms with Crippen LogP contribution in [0.15, 0.2) is 82.6 Å². The van der Waals surface area contributed by atoms with Crippen LogP contribution in [0.3, 0.4) is 0 Å². The minimum Gasteiger partial charge on any atom is -0.483 e. The summed E-state index contributed by atoms with van der Waals surface area (Å²) in [5.41, 5.74) is 1.42. The summed E-state index contributed by atoms with van der Waals surface area (Å²) in [4.78, 5) is 12.7. The van der Waals surface area contributed by atoms with Gasteiger partial charge in [0.05, 0.1) is 4.90 Å². The molecule has 134 valence electrons. The van der Waals surface area contributed by atoms with E-state index in [0.29, 0.717) is 0 Å². The molecule has 0 N–H and O–H groups in total. The fourth-order valence-electron chi connectivity index (χ4n) is 2.46. The van der Waals surface area contributed by atoms with Crippen LogP contribution >= 0.6 is 0 Å². The molecule has 0 atom stereocenters. The quantitative estimate of drug-likeness (QED) is 0.669. The first kappa shape index (κ1) is 17.9. The van der Waals surface area contributed by atoms with Crippen molar-refractivity contribution in [3.8, 4) is 5.75 Å². The van der Waals surface area contributed by atoms with Crippen LogP contribution in [-0.4, -0.2) is 13.0 Å². The highest BCUT2D eigenvalue weighted by Gasteiger charge is 2.17. The number of aryl methyl sites for hydroxylation is 1. The Hall–Kier alpha value is -2.86. The van der Waals surface area contributed by atoms with Crippen molar-refractivity contribution in [1.29, 1.82) is 0 Å². The van der Waals surface area contributed by atoms with Crippen LogP contribution in [0, 0.1) is 6.92 Å². The molecule has 0 radical (unpaired) electrons. The molecule has 3 aromatic rings. The molecule has 1 heterocycles. The zero-order chi connectivity index (χ0) is 18.6. The molecule has 0 spiro atoms. The Balaban J connectivity index is 1.80. The smallest absolute Gasteiger partial charge is 0.293 e. The van der Waals surface area contributed by atoms with Crippen LogP contribution in [0.5, 0.6) is 5.75 Å². The number of ether oxygens (including phenoxy) is 1. The van der Waals surface area contributed by atoms with Gasteiger partial charge in [0.1, 0.15) is 12.5 Å². The summed E-state index contributed by atoms with van der Waals surface area (Å²) in [7, 11) is -3.63. The second-order valence-electron chi connectivity index (χ2n) is 5.98. The number of sulfone groups is 1. The standard InChI is InChI=1S/C20H19NO4S/c1-16-9-11-18(12-10-16)26(23,24)15-21-13-5-8-19(20(21)22)25-14-17-6-3-2-4-7-17/h2-13H,14-15H2,1H3. The molecule has 26 heavy (non-hydrogen) atoms. The third-order valence-corrected chi connectivity index (χ3v) is 5.52. The number of pyridine rings is 1. The second kappa shape index (κ2) is 7.58. The first-order chi connectivity index (χ1) is 12.5. The third-order valence-electron chi connectivity index (χ3n) is 3.91. The van der Waals surface area contributed by atoms with Crippen molar-refractivity contribution in [1.82, 2.24) is 4.57 Å². The van der Waals surface area contributed by atoms with Crippen LogP contribution in [0.2, 0.25) is 0 Å². The maximum absolute atomic E-state index is 12.6. The Morgan fingerprint density at radius 2 is 1.62 bits per heavy atom. The molecule has 3 rings (SSSR count). The monoisotopic (exact) mass is 369 g/mol. The minimum atomic E-state index is -3.63. The van der Waals surface area contributed by atoms with Crippen molar-refractivity contribution in [3.05, 3.63) is 94.4 Å². The average molecular weight is 369 g/mol. The second-order valence-corrected chi connectivity index (χ2v) is 7.94. The van der Waals surface area contributed by atoms with Crippen molar-refractivity contribution in [3.63, 3.8) is 0 Å². The van der Waals surface area contributed by atoms with Crippen molar-refractivity contribution in [2.75, 3.05) is 0 Å². The summed E-state index contributed by atoms with van der Waals surface area (Å²) in [6.45, 7) is 2.12. The zero-order valence-electron chi connectivity index (χ0n) is 14.3. The molecule has 0 aliphatic rings. The maximum atomic E-state index is 12.6. The molecule has 0 fully saturated rings. The summed E-state index contributed by atoms with van der Waals surface area (Å²) >= 11 is 0. The Bertz CT molecular complexity index is 1040. The van der Waals surface area contributed by atoms with E-state index in [1.165, 1.54) is 6.20 Å². The van der Waals surface area contributed by atoms with E-state index in [1.807, 2.05) is 37.3 Å². The molecule has 0 bridgehead atoms. The first-order valence-electron chi connectivity index (χ1n) is 8.11. The fraction of sp³-hybridized carbons (Fsp3) is 0.150. The van der Waals surface area contributed by atoms with Crippen LogP contribution in [0.4, 0.5) is 0 Å². The number of hydrogen-bond donors (Lipinski definition) is 0. The lowest BCUT2D eigenvalue weighted by molar-refractivity contribution is 0.299. The van der Waals surface area contributed by atoms with Gasteiger partial charge in [-0.05, 0) is 36.8 Å². The lowest BCUT2D eigenvalue weighted by Gasteiger charge is -2.10. The molecule has 0 saturated carbocycles. The topological polar surface area (TPSA) is 65.4 Å². The summed E-state index contributed by atoms with van der Waals surface area (Å²) in [5, 5.41) is 0. The predicted octanol–water partition coefficient (Wildman–Crippen LogP) is 3.17. The van der Waals surface area contributed by atoms with E-state index in [2.05, 4.69) is 0 Å². The van der Waals surface area contributed by atoms with E-state index < -0.39 is 21.3 Å². The first-order valence-corrected chi connectivity index (χ1v) is 9.76. The van der Waals surface area contributed by atoms with E-state index >= 15 is 0 Å². The van der Waals surface area contributed by atoms with E-state index in [-0.39, 0.29) is 17.3 Å². The maximum Gasteiger partial charge on any atom is 0.293 e.